The zero-order valence-electron chi connectivity index (χ0n) is 28.9. The molecule has 0 bridgehead atoms. The van der Waals surface area contributed by atoms with E-state index in [1.165, 1.54) is 36.8 Å². The van der Waals surface area contributed by atoms with Crippen molar-refractivity contribution < 1.29 is 39.0 Å². The van der Waals surface area contributed by atoms with Crippen LogP contribution in [0.15, 0.2) is 46.8 Å². The number of aromatic hydroxyl groups is 1. The van der Waals surface area contributed by atoms with Gasteiger partial charge in [-0.15, -0.1) is 0 Å². The predicted octanol–water partition coefficient (Wildman–Crippen LogP) is -4.89. The molecule has 4 atom stereocenters. The lowest BCUT2D eigenvalue weighted by atomic mass is 10.0. The Balaban J connectivity index is 2.15. The number of benzene rings is 1. The van der Waals surface area contributed by atoms with E-state index in [9.17, 15) is 33.9 Å². The second-order valence-corrected chi connectivity index (χ2v) is 11.7. The quantitative estimate of drug-likeness (QED) is 0.0288. The summed E-state index contributed by atoms with van der Waals surface area (Å²) in [5.74, 6) is -5.39. The molecule has 0 saturated carbocycles. The molecule has 5 amide bonds. The molecule has 0 fully saturated rings. The third-order valence-electron chi connectivity index (χ3n) is 7.36. The fourth-order valence-corrected chi connectivity index (χ4v) is 4.70. The van der Waals surface area contributed by atoms with E-state index in [0.29, 0.717) is 17.7 Å². The van der Waals surface area contributed by atoms with Gasteiger partial charge < -0.3 is 70.4 Å². The molecule has 0 unspecified atom stereocenters. The predicted molar refractivity (Wildman–Crippen MR) is 191 cm³/mol. The van der Waals surface area contributed by atoms with Crippen molar-refractivity contribution in [3.05, 3.63) is 48.0 Å². The molecule has 53 heavy (non-hydrogen) atoms. The number of nitrogens with two attached hydrogens (primary N) is 5. The van der Waals surface area contributed by atoms with Crippen LogP contribution < -0.4 is 55.3 Å². The number of carbonyl (C=O) groups is 6. The van der Waals surface area contributed by atoms with Crippen molar-refractivity contribution in [1.82, 2.24) is 36.6 Å². The van der Waals surface area contributed by atoms with Gasteiger partial charge in [0.15, 0.2) is 11.9 Å². The van der Waals surface area contributed by atoms with Crippen LogP contribution in [0.2, 0.25) is 0 Å². The monoisotopic (exact) mass is 744 g/mol. The first-order chi connectivity index (χ1) is 25.1. The summed E-state index contributed by atoms with van der Waals surface area (Å²) in [6.07, 6.45) is 3.54. The zero-order chi connectivity index (χ0) is 39.3. The molecule has 0 aliphatic heterocycles. The van der Waals surface area contributed by atoms with E-state index < -0.39 is 72.8 Å². The number of aromatic nitrogens is 2. The smallest absolute Gasteiger partial charge is 0.322 e. The normalized spacial score (nSPS) is 12.8. The summed E-state index contributed by atoms with van der Waals surface area (Å²) in [7, 11) is 0. The van der Waals surface area contributed by atoms with Crippen molar-refractivity contribution >= 4 is 47.4 Å². The number of hydrogen-bond donors (Lipinski definition) is 13. The van der Waals surface area contributed by atoms with Gasteiger partial charge in [-0.05, 0) is 43.4 Å². The number of H-pyrrole nitrogens is 1. The molecule has 0 spiro atoms. The lowest BCUT2D eigenvalue weighted by molar-refractivity contribution is -0.138. The number of aliphatic carboxylic acids is 1. The van der Waals surface area contributed by atoms with E-state index in [0.717, 1.165) is 0 Å². The van der Waals surface area contributed by atoms with E-state index in [2.05, 4.69) is 46.5 Å². The summed E-state index contributed by atoms with van der Waals surface area (Å²) < 4.78 is 0. The van der Waals surface area contributed by atoms with Gasteiger partial charge in [-0.1, -0.05) is 12.1 Å². The number of amides is 5. The molecular formula is C31H48N14O8. The zero-order valence-corrected chi connectivity index (χ0v) is 28.9. The molecule has 18 N–H and O–H groups in total. The number of phenols is 1. The number of phenolic OH excluding ortho intramolecular Hbond substituents is 1. The molecule has 0 aliphatic rings. The first kappa shape index (κ1) is 42.7. The van der Waals surface area contributed by atoms with Crippen LogP contribution in [0.3, 0.4) is 0 Å². The van der Waals surface area contributed by atoms with Crippen LogP contribution in [0, 0.1) is 0 Å². The molecule has 2 rings (SSSR count). The van der Waals surface area contributed by atoms with Crippen molar-refractivity contribution in [3.8, 4) is 5.75 Å². The number of rotatable bonds is 23. The van der Waals surface area contributed by atoms with Gasteiger partial charge in [0.2, 0.25) is 29.5 Å². The number of imidazole rings is 1. The van der Waals surface area contributed by atoms with Crippen molar-refractivity contribution in [2.24, 2.45) is 38.7 Å². The fourth-order valence-electron chi connectivity index (χ4n) is 4.70. The van der Waals surface area contributed by atoms with E-state index in [1.807, 2.05) is 0 Å². The van der Waals surface area contributed by atoms with Gasteiger partial charge >= 0.3 is 5.97 Å². The summed E-state index contributed by atoms with van der Waals surface area (Å²) in [6.45, 7) is -0.931. The number of aliphatic imine (C=N–C) groups is 2. The molecule has 22 heteroatoms. The van der Waals surface area contributed by atoms with E-state index in [-0.39, 0.29) is 62.9 Å². The maximum Gasteiger partial charge on any atom is 0.322 e. The standard InChI is InChI=1S/C31H48N14O8/c32-20(3-1-9-38-30(33)34)26(50)44-21(4-2-10-39-31(35)36)27(51)40-14-24(47)43-23(12-18-13-37-16-42-18)29(53)45-22(28(52)41-15-25(48)49)11-17-5-7-19(46)8-6-17/h5-8,13,16,20-23,46H,1-4,9-12,14-15,32H2,(H,37,42)(H,40,51)(H,41,52)(H,43,47)(H,44,50)(H,45,53)(H,48,49)(H4,33,34,38)(H4,35,36,39)/t20-,21-,22-,23-/m0/s1. The van der Waals surface area contributed by atoms with Gasteiger partial charge in [0.1, 0.15) is 30.4 Å². The third kappa shape index (κ3) is 17.4. The second kappa shape index (κ2) is 22.4. The van der Waals surface area contributed by atoms with E-state index in [4.69, 9.17) is 33.8 Å². The first-order valence-electron chi connectivity index (χ1n) is 16.4. The van der Waals surface area contributed by atoms with Gasteiger partial charge in [-0.2, -0.15) is 0 Å². The second-order valence-electron chi connectivity index (χ2n) is 11.7. The van der Waals surface area contributed by atoms with Crippen molar-refractivity contribution in [2.45, 2.75) is 62.7 Å². The molecular weight excluding hydrogens is 696 g/mol. The third-order valence-corrected chi connectivity index (χ3v) is 7.36. The molecule has 1 aromatic carbocycles. The Morgan fingerprint density at radius 3 is 1.89 bits per heavy atom. The number of hydrogen-bond acceptors (Lipinski definition) is 11. The summed E-state index contributed by atoms with van der Waals surface area (Å²) >= 11 is 0. The molecule has 290 valence electrons. The highest BCUT2D eigenvalue weighted by atomic mass is 16.4. The van der Waals surface area contributed by atoms with Crippen LogP contribution in [-0.4, -0.2) is 118 Å². The molecule has 22 nitrogen and oxygen atoms in total. The van der Waals surface area contributed by atoms with Gasteiger partial charge in [0.05, 0.1) is 18.9 Å². The minimum atomic E-state index is -1.31. The average Bonchev–Trinajstić information content (AvgIpc) is 3.62. The number of guanidine groups is 2. The van der Waals surface area contributed by atoms with Crippen LogP contribution >= 0.6 is 0 Å². The number of nitrogens with zero attached hydrogens (tertiary/aromatic N) is 3. The average molecular weight is 745 g/mol. The van der Waals surface area contributed by atoms with Crippen molar-refractivity contribution in [1.29, 1.82) is 0 Å². The number of nitrogens with one attached hydrogen (secondary N) is 6. The summed E-state index contributed by atoms with van der Waals surface area (Å²) in [6, 6.07) is 1.08. The minimum absolute atomic E-state index is 0.0294. The van der Waals surface area contributed by atoms with Crippen LogP contribution in [0.25, 0.3) is 0 Å². The van der Waals surface area contributed by atoms with Gasteiger partial charge in [-0.3, -0.25) is 38.8 Å². The van der Waals surface area contributed by atoms with Crippen LogP contribution in [0.1, 0.15) is 36.9 Å². The minimum Gasteiger partial charge on any atom is -0.508 e. The highest BCUT2D eigenvalue weighted by molar-refractivity contribution is 5.95. The van der Waals surface area contributed by atoms with Crippen molar-refractivity contribution in [3.63, 3.8) is 0 Å². The van der Waals surface area contributed by atoms with Crippen LogP contribution in [0.4, 0.5) is 0 Å². The lowest BCUT2D eigenvalue weighted by Crippen LogP contribution is -2.57. The molecule has 1 heterocycles. The number of carboxylic acids is 1. The van der Waals surface area contributed by atoms with E-state index in [1.54, 1.807) is 0 Å². The SMILES string of the molecule is NC(N)=NCCC[C@H](NC(=O)[C@@H](N)CCCN=C(N)N)C(=O)NCC(=O)N[C@@H](Cc1cnc[nH]1)C(=O)N[C@@H](Cc1ccc(O)cc1)C(=O)NCC(=O)O. The Bertz CT molecular complexity index is 1580. The van der Waals surface area contributed by atoms with Crippen LogP contribution in [-0.2, 0) is 41.6 Å². The van der Waals surface area contributed by atoms with Gasteiger partial charge in [0, 0.05) is 37.8 Å². The molecule has 1 aromatic heterocycles. The maximum absolute atomic E-state index is 13.6. The van der Waals surface area contributed by atoms with Gasteiger partial charge in [0.25, 0.3) is 0 Å². The Morgan fingerprint density at radius 1 is 0.736 bits per heavy atom. The van der Waals surface area contributed by atoms with Crippen molar-refractivity contribution in [2.75, 3.05) is 26.2 Å². The lowest BCUT2D eigenvalue weighted by Gasteiger charge is -2.23. The first-order valence-corrected chi connectivity index (χ1v) is 16.4. The molecule has 2 aromatic rings. The Labute approximate surface area is 304 Å². The Hall–Kier alpha value is -6.45. The topological polar surface area (TPSA) is 387 Å². The Kier molecular flexibility index (Phi) is 18.0. The molecule has 0 aliphatic carbocycles. The number of aromatic amines is 1. The highest BCUT2D eigenvalue weighted by Crippen LogP contribution is 2.12. The summed E-state index contributed by atoms with van der Waals surface area (Å²) in [5, 5.41) is 31.0. The number of carboxylic acid groups (broad SMARTS) is 1. The van der Waals surface area contributed by atoms with Gasteiger partial charge in [-0.25, -0.2) is 4.98 Å². The summed E-state index contributed by atoms with van der Waals surface area (Å²) in [4.78, 5) is 91.1. The Morgan fingerprint density at radius 2 is 1.30 bits per heavy atom. The number of carbonyl (C=O) groups excluding carboxylic acids is 5. The fraction of sp³-hybridized carbons (Fsp3) is 0.452. The van der Waals surface area contributed by atoms with Crippen LogP contribution in [0.5, 0.6) is 5.75 Å². The maximum atomic E-state index is 13.6. The highest BCUT2D eigenvalue weighted by Gasteiger charge is 2.29. The summed E-state index contributed by atoms with van der Waals surface area (Å²) in [5.41, 5.74) is 28.3. The molecule has 0 saturated heterocycles. The largest absolute Gasteiger partial charge is 0.508 e. The molecule has 0 radical (unpaired) electrons. The van der Waals surface area contributed by atoms with E-state index >= 15 is 0 Å².